The summed E-state index contributed by atoms with van der Waals surface area (Å²) in [6.07, 6.45) is 0. The predicted octanol–water partition coefficient (Wildman–Crippen LogP) is 0.531. The molecule has 1 aromatic rings. The van der Waals surface area contributed by atoms with Gasteiger partial charge in [-0.2, -0.15) is 5.10 Å². The summed E-state index contributed by atoms with van der Waals surface area (Å²) < 4.78 is 24.7. The molecule has 3 rings (SSSR count). The maximum atomic E-state index is 12.3. The zero-order valence-corrected chi connectivity index (χ0v) is 14.1. The zero-order chi connectivity index (χ0) is 15.4. The van der Waals surface area contributed by atoms with Crippen molar-refractivity contribution in [3.8, 4) is 0 Å². The lowest BCUT2D eigenvalue weighted by molar-refractivity contribution is 0.229. The van der Waals surface area contributed by atoms with Gasteiger partial charge in [-0.1, -0.05) is 11.6 Å². The number of H-pyrrole nitrogens is 1. The zero-order valence-electron chi connectivity index (χ0n) is 12.5. The van der Waals surface area contributed by atoms with Crippen molar-refractivity contribution in [2.24, 2.45) is 5.92 Å². The van der Waals surface area contributed by atoms with E-state index in [2.05, 4.69) is 15.1 Å². The molecule has 0 unspecified atom stereocenters. The van der Waals surface area contributed by atoms with Crippen molar-refractivity contribution in [2.75, 3.05) is 32.9 Å². The number of hydrogen-bond donors (Lipinski definition) is 1. The van der Waals surface area contributed by atoms with Crippen LogP contribution in [0.3, 0.4) is 0 Å². The third-order valence-electron chi connectivity index (χ3n) is 4.72. The molecule has 0 spiro atoms. The van der Waals surface area contributed by atoms with Crippen molar-refractivity contribution >= 4 is 21.4 Å². The Morgan fingerprint density at radius 1 is 1.43 bits per heavy atom. The lowest BCUT2D eigenvalue weighted by atomic mass is 10.00. The Kier molecular flexibility index (Phi) is 3.80. The molecule has 2 aliphatic rings. The number of aromatic nitrogens is 2. The second-order valence-corrected chi connectivity index (χ2v) is 9.01. The Morgan fingerprint density at radius 2 is 2.14 bits per heavy atom. The fraction of sp³-hybridized carbons (Fsp3) is 0.769. The van der Waals surface area contributed by atoms with Crippen LogP contribution in [-0.4, -0.2) is 72.6 Å². The van der Waals surface area contributed by atoms with Crippen LogP contribution in [0.5, 0.6) is 0 Å². The van der Waals surface area contributed by atoms with Gasteiger partial charge < -0.3 is 4.90 Å². The topological polar surface area (TPSA) is 69.3 Å². The first-order valence-electron chi connectivity index (χ1n) is 7.09. The first-order chi connectivity index (χ1) is 9.79. The average molecular weight is 333 g/mol. The van der Waals surface area contributed by atoms with Gasteiger partial charge in [-0.05, 0) is 21.0 Å². The number of fused-ring (bicyclic) bond motifs is 1. The molecule has 2 saturated heterocycles. The molecule has 0 amide bonds. The molecule has 2 aliphatic heterocycles. The number of aromatic amines is 1. The first-order valence-corrected chi connectivity index (χ1v) is 9.18. The van der Waals surface area contributed by atoms with E-state index in [1.165, 1.54) is 0 Å². The van der Waals surface area contributed by atoms with Crippen molar-refractivity contribution in [1.29, 1.82) is 0 Å². The summed E-state index contributed by atoms with van der Waals surface area (Å²) in [5, 5.41) is 7.48. The highest BCUT2D eigenvalue weighted by atomic mass is 35.5. The molecule has 3 atom stereocenters. The second-order valence-electron chi connectivity index (χ2n) is 6.37. The van der Waals surface area contributed by atoms with E-state index in [4.69, 9.17) is 11.6 Å². The molecular formula is C13H21ClN4O2S. The van der Waals surface area contributed by atoms with Crippen LogP contribution in [0, 0.1) is 12.8 Å². The van der Waals surface area contributed by atoms with Gasteiger partial charge in [0.15, 0.2) is 9.84 Å². The molecule has 3 heterocycles. The quantitative estimate of drug-likeness (QED) is 0.874. The minimum atomic E-state index is -2.99. The molecule has 0 bridgehead atoms. The van der Waals surface area contributed by atoms with Crippen LogP contribution in [0.25, 0.3) is 0 Å². The van der Waals surface area contributed by atoms with Crippen molar-refractivity contribution < 1.29 is 8.42 Å². The summed E-state index contributed by atoms with van der Waals surface area (Å²) >= 11 is 6.20. The summed E-state index contributed by atoms with van der Waals surface area (Å²) in [5.41, 5.74) is 1.65. The minimum absolute atomic E-state index is 0.112. The number of sulfone groups is 1. The lowest BCUT2D eigenvalue weighted by Crippen LogP contribution is -2.37. The smallest absolute Gasteiger partial charge is 0.156 e. The number of rotatable bonds is 3. The molecular weight excluding hydrogens is 312 g/mol. The summed E-state index contributed by atoms with van der Waals surface area (Å²) in [5.74, 6) is 0.467. The van der Waals surface area contributed by atoms with E-state index in [9.17, 15) is 8.42 Å². The van der Waals surface area contributed by atoms with E-state index < -0.39 is 9.84 Å². The van der Waals surface area contributed by atoms with Gasteiger partial charge in [-0.15, -0.1) is 0 Å². The Balaban J connectivity index is 1.77. The summed E-state index contributed by atoms with van der Waals surface area (Å²) in [4.78, 5) is 4.20. The number of likely N-dealkylation sites (tertiary alicyclic amines) is 1. The summed E-state index contributed by atoms with van der Waals surface area (Å²) in [6.45, 7) is 3.85. The molecule has 0 aliphatic carbocycles. The van der Waals surface area contributed by atoms with Gasteiger partial charge in [0.05, 0.1) is 27.4 Å². The van der Waals surface area contributed by atoms with Crippen LogP contribution in [0.15, 0.2) is 0 Å². The van der Waals surface area contributed by atoms with Gasteiger partial charge in [-0.3, -0.25) is 10.00 Å². The first kappa shape index (κ1) is 15.3. The van der Waals surface area contributed by atoms with E-state index >= 15 is 0 Å². The number of nitrogens with zero attached hydrogens (tertiary/aromatic N) is 3. The highest BCUT2D eigenvalue weighted by Gasteiger charge is 2.52. The molecule has 21 heavy (non-hydrogen) atoms. The maximum absolute atomic E-state index is 12.3. The third-order valence-corrected chi connectivity index (χ3v) is 7.45. The molecule has 1 aromatic heterocycles. The molecule has 6 nitrogen and oxygen atoms in total. The van der Waals surface area contributed by atoms with E-state index in [0.29, 0.717) is 18.1 Å². The Hall–Kier alpha value is -0.630. The van der Waals surface area contributed by atoms with Crippen LogP contribution in [0.1, 0.15) is 11.4 Å². The number of nitrogens with one attached hydrogen (secondary N) is 1. The normalized spacial score (nSPS) is 32.0. The Labute approximate surface area is 130 Å². The van der Waals surface area contributed by atoms with Crippen molar-refractivity contribution in [2.45, 2.75) is 24.8 Å². The maximum Gasteiger partial charge on any atom is 0.156 e. The highest BCUT2D eigenvalue weighted by molar-refractivity contribution is 7.92. The average Bonchev–Trinajstić information content (AvgIpc) is 3.01. The van der Waals surface area contributed by atoms with Crippen LogP contribution in [0.4, 0.5) is 0 Å². The number of halogens is 1. The third kappa shape index (κ3) is 2.60. The van der Waals surface area contributed by atoms with Crippen molar-refractivity contribution in [3.63, 3.8) is 0 Å². The van der Waals surface area contributed by atoms with Crippen LogP contribution >= 0.6 is 11.6 Å². The molecule has 0 saturated carbocycles. The second kappa shape index (κ2) is 5.22. The van der Waals surface area contributed by atoms with Gasteiger partial charge in [0.1, 0.15) is 0 Å². The molecule has 8 heteroatoms. The number of hydrogen-bond acceptors (Lipinski definition) is 5. The SMILES string of the molecule is Cc1[nH]nc(CN2C[C@H]3[C@@H](N(C)C)CS(=O)(=O)[C@H]3C2)c1Cl. The molecule has 1 N–H and O–H groups in total. The van der Waals surface area contributed by atoms with Gasteiger partial charge in [0, 0.05) is 31.6 Å². The van der Waals surface area contributed by atoms with Crippen molar-refractivity contribution in [3.05, 3.63) is 16.4 Å². The predicted molar refractivity (Wildman–Crippen MR) is 82.2 cm³/mol. The summed E-state index contributed by atoms with van der Waals surface area (Å²) in [6, 6.07) is 0.112. The van der Waals surface area contributed by atoms with Crippen LogP contribution in [0.2, 0.25) is 5.02 Å². The standard InChI is InChI=1S/C13H21ClN4O2S/c1-8-13(14)10(16-15-8)5-18-4-9-11(17(2)3)7-21(19,20)12(9)6-18/h9,11-12H,4-7H2,1-3H3,(H,15,16)/t9-,11-,12-/m0/s1. The Bertz CT molecular complexity index is 643. The monoisotopic (exact) mass is 332 g/mol. The lowest BCUT2D eigenvalue weighted by Gasteiger charge is -2.24. The fourth-order valence-corrected chi connectivity index (χ4v) is 6.21. The van der Waals surface area contributed by atoms with Crippen molar-refractivity contribution in [1.82, 2.24) is 20.0 Å². The molecule has 2 fully saturated rings. The molecule has 0 aromatic carbocycles. The van der Waals surface area contributed by atoms with E-state index in [1.807, 2.05) is 25.9 Å². The largest absolute Gasteiger partial charge is 0.305 e. The van der Waals surface area contributed by atoms with Gasteiger partial charge >= 0.3 is 0 Å². The molecule has 118 valence electrons. The van der Waals surface area contributed by atoms with E-state index in [-0.39, 0.29) is 23.0 Å². The van der Waals surface area contributed by atoms with Crippen LogP contribution in [-0.2, 0) is 16.4 Å². The van der Waals surface area contributed by atoms with E-state index in [1.54, 1.807) is 0 Å². The van der Waals surface area contributed by atoms with Gasteiger partial charge in [0.2, 0.25) is 0 Å². The summed E-state index contributed by atoms with van der Waals surface area (Å²) in [7, 11) is 0.922. The van der Waals surface area contributed by atoms with Gasteiger partial charge in [0.25, 0.3) is 0 Å². The van der Waals surface area contributed by atoms with Crippen LogP contribution < -0.4 is 0 Å². The Morgan fingerprint density at radius 3 is 2.71 bits per heavy atom. The minimum Gasteiger partial charge on any atom is -0.305 e. The molecule has 0 radical (unpaired) electrons. The number of aryl methyl sites for hydroxylation is 1. The van der Waals surface area contributed by atoms with E-state index in [0.717, 1.165) is 17.9 Å². The van der Waals surface area contributed by atoms with Gasteiger partial charge in [-0.25, -0.2) is 8.42 Å². The fourth-order valence-electron chi connectivity index (χ4n) is 3.56. The highest BCUT2D eigenvalue weighted by Crippen LogP contribution is 2.36.